The van der Waals surface area contributed by atoms with Crippen molar-refractivity contribution in [3.63, 3.8) is 0 Å². The van der Waals surface area contributed by atoms with E-state index in [1.807, 2.05) is 0 Å². The van der Waals surface area contributed by atoms with Crippen LogP contribution in [0.15, 0.2) is 10.4 Å². The first-order valence-corrected chi connectivity index (χ1v) is 9.97. The second-order valence-electron chi connectivity index (χ2n) is 6.45. The van der Waals surface area contributed by atoms with E-state index in [0.717, 1.165) is 25.5 Å². The van der Waals surface area contributed by atoms with Crippen LogP contribution in [0, 0.1) is 0 Å². The van der Waals surface area contributed by atoms with Gasteiger partial charge in [-0.3, -0.25) is 4.99 Å². The van der Waals surface area contributed by atoms with E-state index in [-0.39, 0.29) is 24.0 Å². The van der Waals surface area contributed by atoms with Crippen LogP contribution in [0.5, 0.6) is 0 Å². The van der Waals surface area contributed by atoms with E-state index >= 15 is 0 Å². The van der Waals surface area contributed by atoms with Crippen molar-refractivity contribution in [2.75, 3.05) is 31.1 Å². The monoisotopic (exact) mass is 463 g/mol. The highest BCUT2D eigenvalue weighted by molar-refractivity contribution is 14.0. The van der Waals surface area contributed by atoms with Crippen molar-refractivity contribution in [3.05, 3.63) is 11.1 Å². The Morgan fingerprint density at radius 3 is 2.75 bits per heavy atom. The van der Waals surface area contributed by atoms with Crippen LogP contribution in [-0.4, -0.2) is 43.2 Å². The van der Waals surface area contributed by atoms with E-state index in [2.05, 4.69) is 27.8 Å². The van der Waals surface area contributed by atoms with Crippen molar-refractivity contribution in [2.24, 2.45) is 4.99 Å². The summed E-state index contributed by atoms with van der Waals surface area (Å²) in [5.41, 5.74) is 1.18. The molecule has 3 rings (SSSR count). The van der Waals surface area contributed by atoms with Gasteiger partial charge in [0.15, 0.2) is 11.1 Å². The van der Waals surface area contributed by atoms with Gasteiger partial charge in [0, 0.05) is 44.0 Å². The molecule has 136 valence electrons. The number of halogens is 1. The Hall–Kier alpha value is -0.570. The predicted molar refractivity (Wildman–Crippen MR) is 114 cm³/mol. The number of hydrogen-bond acceptors (Lipinski definition) is 4. The first-order chi connectivity index (χ1) is 11.3. The predicted octanol–water partition coefficient (Wildman–Crippen LogP) is 3.40. The maximum absolute atomic E-state index is 4.77. The highest BCUT2D eigenvalue weighted by atomic mass is 127. The summed E-state index contributed by atoms with van der Waals surface area (Å²) in [4.78, 5) is 11.9. The lowest BCUT2D eigenvalue weighted by Gasteiger charge is -2.16. The second-order valence-corrected chi connectivity index (χ2v) is 7.29. The molecule has 1 saturated heterocycles. The molecule has 2 aliphatic rings. The van der Waals surface area contributed by atoms with E-state index in [0.29, 0.717) is 6.04 Å². The molecular formula is C17H30IN5S. The lowest BCUT2D eigenvalue weighted by molar-refractivity contribution is 0.614. The maximum atomic E-state index is 4.77. The van der Waals surface area contributed by atoms with Gasteiger partial charge in [-0.1, -0.05) is 12.8 Å². The standard InChI is InChI=1S/C17H29N5S.HI/c1-2-18-16(20-14-7-3-4-8-14)19-10-9-15-13-23-17(21-15)22-11-5-6-12-22;/h13-14H,2-12H2,1H3,(H2,18,19,20);1H. The van der Waals surface area contributed by atoms with Crippen molar-refractivity contribution in [2.45, 2.75) is 57.9 Å². The van der Waals surface area contributed by atoms with E-state index in [4.69, 9.17) is 9.98 Å². The van der Waals surface area contributed by atoms with E-state index in [1.54, 1.807) is 11.3 Å². The Kier molecular flexibility index (Phi) is 8.58. The smallest absolute Gasteiger partial charge is 0.191 e. The van der Waals surface area contributed by atoms with Crippen LogP contribution in [0.2, 0.25) is 0 Å². The minimum atomic E-state index is 0. The number of aromatic nitrogens is 1. The van der Waals surface area contributed by atoms with Gasteiger partial charge >= 0.3 is 0 Å². The topological polar surface area (TPSA) is 52.6 Å². The van der Waals surface area contributed by atoms with Crippen LogP contribution in [0.25, 0.3) is 0 Å². The fourth-order valence-electron chi connectivity index (χ4n) is 3.33. The van der Waals surface area contributed by atoms with Crippen LogP contribution < -0.4 is 15.5 Å². The summed E-state index contributed by atoms with van der Waals surface area (Å²) in [5.74, 6) is 0.967. The van der Waals surface area contributed by atoms with E-state index in [1.165, 1.54) is 62.4 Å². The normalized spacial score (nSPS) is 18.7. The number of thiazole rings is 1. The van der Waals surface area contributed by atoms with Gasteiger partial charge in [0.2, 0.25) is 0 Å². The average Bonchev–Trinajstić information content (AvgIpc) is 3.30. The first-order valence-electron chi connectivity index (χ1n) is 9.09. The molecule has 24 heavy (non-hydrogen) atoms. The molecule has 0 atom stereocenters. The average molecular weight is 463 g/mol. The lowest BCUT2D eigenvalue weighted by atomic mass is 10.2. The quantitative estimate of drug-likeness (QED) is 0.386. The molecule has 5 nitrogen and oxygen atoms in total. The summed E-state index contributed by atoms with van der Waals surface area (Å²) >= 11 is 1.78. The first kappa shape index (κ1) is 19.8. The fourth-order valence-corrected chi connectivity index (χ4v) is 4.24. The van der Waals surface area contributed by atoms with Gasteiger partial charge in [0.1, 0.15) is 0 Å². The molecule has 0 bridgehead atoms. The van der Waals surface area contributed by atoms with E-state index in [9.17, 15) is 0 Å². The van der Waals surface area contributed by atoms with Crippen LogP contribution in [0.3, 0.4) is 0 Å². The second kappa shape index (κ2) is 10.4. The number of guanidine groups is 1. The molecule has 0 unspecified atom stereocenters. The molecule has 1 aromatic rings. The molecular weight excluding hydrogens is 433 g/mol. The summed E-state index contributed by atoms with van der Waals surface area (Å²) in [6.45, 7) is 6.16. The third-order valence-electron chi connectivity index (χ3n) is 4.59. The Morgan fingerprint density at radius 1 is 1.29 bits per heavy atom. The Morgan fingerprint density at radius 2 is 2.04 bits per heavy atom. The largest absolute Gasteiger partial charge is 0.357 e. The number of rotatable bonds is 6. The maximum Gasteiger partial charge on any atom is 0.191 e. The van der Waals surface area contributed by atoms with Gasteiger partial charge in [0.25, 0.3) is 0 Å². The third-order valence-corrected chi connectivity index (χ3v) is 5.54. The van der Waals surface area contributed by atoms with Crippen LogP contribution >= 0.6 is 35.3 Å². The van der Waals surface area contributed by atoms with Crippen LogP contribution in [-0.2, 0) is 6.42 Å². The summed E-state index contributed by atoms with van der Waals surface area (Å²) < 4.78 is 0. The van der Waals surface area contributed by atoms with Gasteiger partial charge in [-0.25, -0.2) is 4.98 Å². The SMILES string of the molecule is CCNC(=NCCc1csc(N2CCCC2)n1)NC1CCCC1.I. The summed E-state index contributed by atoms with van der Waals surface area (Å²) in [6, 6.07) is 0.605. The molecule has 0 amide bonds. The molecule has 0 spiro atoms. The molecule has 1 saturated carbocycles. The van der Waals surface area contributed by atoms with Crippen molar-refractivity contribution < 1.29 is 0 Å². The number of nitrogens with zero attached hydrogens (tertiary/aromatic N) is 3. The Bertz CT molecular complexity index is 507. The molecule has 1 aliphatic carbocycles. The van der Waals surface area contributed by atoms with Gasteiger partial charge in [-0.05, 0) is 32.6 Å². The van der Waals surface area contributed by atoms with Gasteiger partial charge in [0.05, 0.1) is 5.69 Å². The van der Waals surface area contributed by atoms with E-state index < -0.39 is 0 Å². The number of nitrogens with one attached hydrogen (secondary N) is 2. The summed E-state index contributed by atoms with van der Waals surface area (Å²) in [7, 11) is 0. The lowest BCUT2D eigenvalue weighted by Crippen LogP contribution is -2.42. The van der Waals surface area contributed by atoms with Crippen molar-refractivity contribution >= 4 is 46.4 Å². The molecule has 0 aromatic carbocycles. The van der Waals surface area contributed by atoms with Gasteiger partial charge in [-0.2, -0.15) is 0 Å². The summed E-state index contributed by atoms with van der Waals surface area (Å²) in [5, 5.41) is 10.3. The Labute approximate surface area is 166 Å². The van der Waals surface area contributed by atoms with Crippen molar-refractivity contribution in [1.82, 2.24) is 15.6 Å². The van der Waals surface area contributed by atoms with Gasteiger partial charge < -0.3 is 15.5 Å². The molecule has 7 heteroatoms. The fraction of sp³-hybridized carbons (Fsp3) is 0.765. The molecule has 0 radical (unpaired) electrons. The number of hydrogen-bond donors (Lipinski definition) is 2. The Balaban J connectivity index is 0.00000208. The molecule has 2 heterocycles. The zero-order valence-electron chi connectivity index (χ0n) is 14.6. The minimum Gasteiger partial charge on any atom is -0.357 e. The third kappa shape index (κ3) is 5.75. The molecule has 2 N–H and O–H groups in total. The number of anilines is 1. The van der Waals surface area contributed by atoms with Gasteiger partial charge in [-0.15, -0.1) is 35.3 Å². The molecule has 1 aliphatic heterocycles. The van der Waals surface area contributed by atoms with Crippen LogP contribution in [0.4, 0.5) is 5.13 Å². The zero-order valence-corrected chi connectivity index (χ0v) is 17.7. The summed E-state index contributed by atoms with van der Waals surface area (Å²) in [6.07, 6.45) is 8.76. The van der Waals surface area contributed by atoms with Crippen molar-refractivity contribution in [3.8, 4) is 0 Å². The minimum absolute atomic E-state index is 0. The van der Waals surface area contributed by atoms with Crippen molar-refractivity contribution in [1.29, 1.82) is 0 Å². The molecule has 1 aromatic heterocycles. The van der Waals surface area contributed by atoms with Crippen LogP contribution in [0.1, 0.15) is 51.1 Å². The highest BCUT2D eigenvalue weighted by Crippen LogP contribution is 2.24. The highest BCUT2D eigenvalue weighted by Gasteiger charge is 2.16. The zero-order chi connectivity index (χ0) is 15.9. The molecule has 2 fully saturated rings. The number of aliphatic imine (C=N–C) groups is 1.